The molecule has 2 aliphatic heterocycles. The minimum atomic E-state index is -3.33. The summed E-state index contributed by atoms with van der Waals surface area (Å²) in [6, 6.07) is -2.48. The van der Waals surface area contributed by atoms with Gasteiger partial charge in [0, 0.05) is 13.1 Å². The van der Waals surface area contributed by atoms with E-state index in [1.165, 1.54) is 4.90 Å². The summed E-state index contributed by atoms with van der Waals surface area (Å²) in [6.45, 7) is 8.76. The zero-order valence-electron chi connectivity index (χ0n) is 21.3. The van der Waals surface area contributed by atoms with Gasteiger partial charge in [-0.25, -0.2) is 9.40 Å². The number of carbonyl (C=O) groups is 5. The van der Waals surface area contributed by atoms with Crippen LogP contribution in [0.2, 0.25) is 0 Å². The molecule has 3 rings (SSSR count). The molecule has 3 N–H and O–H groups in total. The number of rotatable bonds is 7. The van der Waals surface area contributed by atoms with Gasteiger partial charge in [0.2, 0.25) is 11.8 Å². The Kier molecular flexibility index (Phi) is 8.07. The molecular formula is C23H33ClF3N5O5. The molecule has 0 aromatic carbocycles. The molecule has 10 nitrogen and oxygen atoms in total. The molecule has 208 valence electrons. The third-order valence-electron chi connectivity index (χ3n) is 7.62. The number of piperidine rings is 1. The fourth-order valence-corrected chi connectivity index (χ4v) is 5.50. The first kappa shape index (κ1) is 29.0. The standard InChI is InChI=1S/C23H33ClF3N5O5/c1-22(2,3)14(29-19(35)16(26)27)20(36)31-9-11-12(23(11,4)5)13(31)18(34)30-32(21(37)15(24)25)8-10-6-7-28-17(10)33/h10-16H,6-9H2,1-5H3,(H,28,33)(H,29,35)(H,30,34)/t10-,11-,12-,13-,14?,15?/m0/s1. The van der Waals surface area contributed by atoms with Crippen LogP contribution in [0.5, 0.6) is 0 Å². The van der Waals surface area contributed by atoms with E-state index in [1.807, 2.05) is 13.8 Å². The first-order valence-electron chi connectivity index (χ1n) is 12.0. The Morgan fingerprint density at radius 3 is 2.32 bits per heavy atom. The molecule has 1 aliphatic carbocycles. The first-order valence-corrected chi connectivity index (χ1v) is 12.5. The summed E-state index contributed by atoms with van der Waals surface area (Å²) in [4.78, 5) is 64.5. The summed E-state index contributed by atoms with van der Waals surface area (Å²) in [5.74, 6) is -5.88. The van der Waals surface area contributed by atoms with Crippen LogP contribution >= 0.6 is 11.6 Å². The molecule has 6 atom stereocenters. The Morgan fingerprint density at radius 1 is 1.22 bits per heavy atom. The molecule has 14 heteroatoms. The van der Waals surface area contributed by atoms with Gasteiger partial charge in [0.05, 0.1) is 12.5 Å². The summed E-state index contributed by atoms with van der Waals surface area (Å²) in [5, 5.41) is 5.33. The molecule has 2 unspecified atom stereocenters. The predicted molar refractivity (Wildman–Crippen MR) is 125 cm³/mol. The van der Waals surface area contributed by atoms with Crippen molar-refractivity contribution in [1.82, 2.24) is 26.0 Å². The van der Waals surface area contributed by atoms with Crippen LogP contribution in [0.15, 0.2) is 0 Å². The second kappa shape index (κ2) is 10.3. The Hall–Kier alpha value is -2.57. The highest BCUT2D eigenvalue weighted by Gasteiger charge is 2.70. The Balaban J connectivity index is 1.86. The van der Waals surface area contributed by atoms with E-state index in [-0.39, 0.29) is 36.2 Å². The SMILES string of the molecule is CC(C)(C)C(NC(=O)C(F)F)C(=O)N1C[C@H]2[C@@H]([C@H]1C(=O)NN(C[C@@H]1CCNC1=O)C(=O)C(F)Cl)C2(C)C. The highest BCUT2D eigenvalue weighted by atomic mass is 35.5. The van der Waals surface area contributed by atoms with Crippen LogP contribution in [-0.2, 0) is 24.0 Å². The Bertz CT molecular complexity index is 973. The second-order valence-electron chi connectivity index (χ2n) is 11.5. The Labute approximate surface area is 217 Å². The number of hydrazine groups is 1. The molecule has 2 heterocycles. The average Bonchev–Trinajstić information content (AvgIpc) is 3.14. The van der Waals surface area contributed by atoms with Crippen molar-refractivity contribution < 1.29 is 37.1 Å². The lowest BCUT2D eigenvalue weighted by molar-refractivity contribution is -0.151. The predicted octanol–water partition coefficient (Wildman–Crippen LogP) is 0.796. The number of hydrogen-bond donors (Lipinski definition) is 3. The maximum atomic E-state index is 13.7. The van der Waals surface area contributed by atoms with Crippen molar-refractivity contribution in [2.75, 3.05) is 19.6 Å². The quantitative estimate of drug-likeness (QED) is 0.318. The van der Waals surface area contributed by atoms with E-state index < -0.39 is 59.1 Å². The van der Waals surface area contributed by atoms with Gasteiger partial charge in [0.25, 0.3) is 23.4 Å². The van der Waals surface area contributed by atoms with Gasteiger partial charge in [0.1, 0.15) is 12.1 Å². The monoisotopic (exact) mass is 551 g/mol. The van der Waals surface area contributed by atoms with Gasteiger partial charge in [-0.2, -0.15) is 8.78 Å². The molecule has 0 aromatic heterocycles. The van der Waals surface area contributed by atoms with Crippen LogP contribution < -0.4 is 16.1 Å². The highest BCUT2D eigenvalue weighted by molar-refractivity contribution is 6.29. The fourth-order valence-electron chi connectivity index (χ4n) is 5.38. The van der Waals surface area contributed by atoms with Crippen molar-refractivity contribution in [3.8, 4) is 0 Å². The van der Waals surface area contributed by atoms with Gasteiger partial charge in [-0.05, 0) is 29.1 Å². The zero-order chi connectivity index (χ0) is 28.0. The minimum absolute atomic E-state index is 0.0923. The van der Waals surface area contributed by atoms with Gasteiger partial charge in [-0.15, -0.1) is 0 Å². The van der Waals surface area contributed by atoms with E-state index in [0.717, 1.165) is 0 Å². The number of nitrogens with zero attached hydrogens (tertiary/aromatic N) is 2. The molecule has 3 aliphatic rings. The molecular weight excluding hydrogens is 519 g/mol. The van der Waals surface area contributed by atoms with Crippen molar-refractivity contribution in [2.24, 2.45) is 28.6 Å². The number of alkyl halides is 4. The number of nitrogens with one attached hydrogen (secondary N) is 3. The summed E-state index contributed by atoms with van der Waals surface area (Å²) in [5.41, 5.74) is -1.44. The highest BCUT2D eigenvalue weighted by Crippen LogP contribution is 2.65. The number of carbonyl (C=O) groups excluding carboxylic acids is 5. The molecule has 5 amide bonds. The zero-order valence-corrected chi connectivity index (χ0v) is 22.1. The number of halogens is 4. The third kappa shape index (κ3) is 5.80. The third-order valence-corrected chi connectivity index (χ3v) is 7.81. The van der Waals surface area contributed by atoms with E-state index >= 15 is 0 Å². The van der Waals surface area contributed by atoms with Crippen molar-refractivity contribution in [3.63, 3.8) is 0 Å². The lowest BCUT2D eigenvalue weighted by Crippen LogP contribution is -2.61. The minimum Gasteiger partial charge on any atom is -0.356 e. The molecule has 3 fully saturated rings. The van der Waals surface area contributed by atoms with E-state index in [1.54, 1.807) is 20.8 Å². The lowest BCUT2D eigenvalue weighted by atomic mass is 9.85. The van der Waals surface area contributed by atoms with Gasteiger partial charge >= 0.3 is 6.43 Å². The average molecular weight is 552 g/mol. The van der Waals surface area contributed by atoms with E-state index in [0.29, 0.717) is 18.0 Å². The van der Waals surface area contributed by atoms with E-state index in [2.05, 4.69) is 16.1 Å². The molecule has 37 heavy (non-hydrogen) atoms. The van der Waals surface area contributed by atoms with Gasteiger partial charge in [-0.1, -0.05) is 46.2 Å². The molecule has 1 saturated carbocycles. The van der Waals surface area contributed by atoms with E-state index in [4.69, 9.17) is 11.6 Å². The molecule has 0 bridgehead atoms. The molecule has 0 radical (unpaired) electrons. The largest absolute Gasteiger partial charge is 0.356 e. The molecule has 0 aromatic rings. The summed E-state index contributed by atoms with van der Waals surface area (Å²) >= 11 is 5.34. The van der Waals surface area contributed by atoms with Crippen LogP contribution in [0.3, 0.4) is 0 Å². The number of amides is 5. The summed E-state index contributed by atoms with van der Waals surface area (Å²) in [6.07, 6.45) is -2.97. The normalized spacial score (nSPS) is 27.7. The van der Waals surface area contributed by atoms with Crippen molar-refractivity contribution in [3.05, 3.63) is 0 Å². The number of fused-ring (bicyclic) bond motifs is 1. The van der Waals surface area contributed by atoms with Crippen molar-refractivity contribution >= 4 is 41.1 Å². The van der Waals surface area contributed by atoms with E-state index in [9.17, 15) is 37.1 Å². The maximum absolute atomic E-state index is 13.7. The molecule has 0 spiro atoms. The second-order valence-corrected chi connectivity index (χ2v) is 11.9. The van der Waals surface area contributed by atoms with Crippen LogP contribution in [0.4, 0.5) is 13.2 Å². The molecule has 2 saturated heterocycles. The van der Waals surface area contributed by atoms with Crippen LogP contribution in [-0.4, -0.2) is 83.2 Å². The number of likely N-dealkylation sites (tertiary alicyclic amines) is 1. The van der Waals surface area contributed by atoms with Crippen LogP contribution in [0.25, 0.3) is 0 Å². The van der Waals surface area contributed by atoms with Gasteiger partial charge < -0.3 is 15.5 Å². The van der Waals surface area contributed by atoms with Gasteiger partial charge in [0.15, 0.2) is 0 Å². The smallest absolute Gasteiger partial charge is 0.315 e. The van der Waals surface area contributed by atoms with Crippen LogP contribution in [0.1, 0.15) is 41.0 Å². The summed E-state index contributed by atoms with van der Waals surface area (Å²) in [7, 11) is 0. The first-order chi connectivity index (χ1) is 17.0. The van der Waals surface area contributed by atoms with Gasteiger partial charge in [-0.3, -0.25) is 29.4 Å². The van der Waals surface area contributed by atoms with Crippen LogP contribution in [0, 0.1) is 28.6 Å². The lowest BCUT2D eigenvalue weighted by Gasteiger charge is -2.38. The maximum Gasteiger partial charge on any atom is 0.315 e. The number of hydrogen-bond acceptors (Lipinski definition) is 5. The Morgan fingerprint density at radius 2 is 1.84 bits per heavy atom. The van der Waals surface area contributed by atoms with Crippen molar-refractivity contribution in [1.29, 1.82) is 0 Å². The topological polar surface area (TPSA) is 128 Å². The summed E-state index contributed by atoms with van der Waals surface area (Å²) < 4.78 is 39.7. The fraction of sp³-hybridized carbons (Fsp3) is 0.783. The van der Waals surface area contributed by atoms with Crippen molar-refractivity contribution in [2.45, 2.75) is 65.2 Å².